The van der Waals surface area contributed by atoms with Crippen molar-refractivity contribution in [1.82, 2.24) is 10.3 Å². The molecule has 1 aromatic heterocycles. The highest BCUT2D eigenvalue weighted by Gasteiger charge is 2.12. The summed E-state index contributed by atoms with van der Waals surface area (Å²) in [5, 5.41) is 2.70. The Morgan fingerprint density at radius 3 is 2.50 bits per heavy atom. The van der Waals surface area contributed by atoms with Gasteiger partial charge in [-0.25, -0.2) is 0 Å². The highest BCUT2D eigenvalue weighted by atomic mass is 16.2. The van der Waals surface area contributed by atoms with Gasteiger partial charge in [-0.2, -0.15) is 0 Å². The van der Waals surface area contributed by atoms with Gasteiger partial charge in [-0.3, -0.25) is 14.6 Å². The van der Waals surface area contributed by atoms with Gasteiger partial charge in [-0.1, -0.05) is 13.8 Å². The molecule has 0 spiro atoms. The maximum atomic E-state index is 11.4. The molecule has 16 heavy (non-hydrogen) atoms. The number of hydrogen-bond acceptors (Lipinski definition) is 3. The number of carbonyl (C=O) groups excluding carboxylic acids is 2. The van der Waals surface area contributed by atoms with Crippen molar-refractivity contribution >= 4 is 11.7 Å². The molecule has 1 aromatic rings. The van der Waals surface area contributed by atoms with E-state index < -0.39 is 0 Å². The van der Waals surface area contributed by atoms with Crippen LogP contribution in [-0.4, -0.2) is 16.7 Å². The average molecular weight is 220 g/mol. The van der Waals surface area contributed by atoms with Crippen LogP contribution in [0.1, 0.15) is 25.8 Å². The highest BCUT2D eigenvalue weighted by molar-refractivity contribution is 5.98. The van der Waals surface area contributed by atoms with E-state index in [0.29, 0.717) is 6.54 Å². The van der Waals surface area contributed by atoms with Crippen LogP contribution >= 0.6 is 0 Å². The summed E-state index contributed by atoms with van der Waals surface area (Å²) in [5.41, 5.74) is 0.973. The van der Waals surface area contributed by atoms with Crippen LogP contribution in [0.15, 0.2) is 24.5 Å². The zero-order valence-electron chi connectivity index (χ0n) is 9.56. The molecule has 1 N–H and O–H groups in total. The topological polar surface area (TPSA) is 59.1 Å². The SMILES string of the molecule is CC(C)C(=O)CC(=O)NCc1ccncc1. The summed E-state index contributed by atoms with van der Waals surface area (Å²) in [6.45, 7) is 4.02. The molecule has 0 fully saturated rings. The fourth-order valence-electron chi connectivity index (χ4n) is 1.13. The molecule has 0 saturated carbocycles. The fourth-order valence-corrected chi connectivity index (χ4v) is 1.13. The molecule has 1 rings (SSSR count). The van der Waals surface area contributed by atoms with Crippen LogP contribution < -0.4 is 5.32 Å². The second-order valence-electron chi connectivity index (χ2n) is 3.93. The lowest BCUT2D eigenvalue weighted by Crippen LogP contribution is -2.26. The number of rotatable bonds is 5. The van der Waals surface area contributed by atoms with E-state index in [1.807, 2.05) is 12.1 Å². The number of carbonyl (C=O) groups is 2. The fraction of sp³-hybridized carbons (Fsp3) is 0.417. The van der Waals surface area contributed by atoms with Gasteiger partial charge in [-0.15, -0.1) is 0 Å². The summed E-state index contributed by atoms with van der Waals surface area (Å²) >= 11 is 0. The number of amides is 1. The van der Waals surface area contributed by atoms with E-state index in [9.17, 15) is 9.59 Å². The molecule has 0 aromatic carbocycles. The van der Waals surface area contributed by atoms with Crippen LogP contribution in [-0.2, 0) is 16.1 Å². The van der Waals surface area contributed by atoms with Gasteiger partial charge in [0.1, 0.15) is 5.78 Å². The minimum Gasteiger partial charge on any atom is -0.352 e. The lowest BCUT2D eigenvalue weighted by atomic mass is 10.1. The van der Waals surface area contributed by atoms with E-state index in [0.717, 1.165) is 5.56 Å². The third-order valence-electron chi connectivity index (χ3n) is 2.22. The molecule has 0 unspecified atom stereocenters. The smallest absolute Gasteiger partial charge is 0.227 e. The monoisotopic (exact) mass is 220 g/mol. The molecule has 0 aliphatic heterocycles. The average Bonchev–Trinajstić information content (AvgIpc) is 2.27. The zero-order chi connectivity index (χ0) is 12.0. The van der Waals surface area contributed by atoms with Crippen molar-refractivity contribution in [3.05, 3.63) is 30.1 Å². The van der Waals surface area contributed by atoms with Crippen LogP contribution in [0.2, 0.25) is 0 Å². The molecule has 0 atom stereocenters. The Morgan fingerprint density at radius 1 is 1.31 bits per heavy atom. The largest absolute Gasteiger partial charge is 0.352 e. The maximum absolute atomic E-state index is 11.4. The number of ketones is 1. The minimum absolute atomic E-state index is 0.0350. The third-order valence-corrected chi connectivity index (χ3v) is 2.22. The van der Waals surface area contributed by atoms with Crippen molar-refractivity contribution in [3.63, 3.8) is 0 Å². The number of hydrogen-bond donors (Lipinski definition) is 1. The van der Waals surface area contributed by atoms with E-state index in [1.165, 1.54) is 0 Å². The third kappa shape index (κ3) is 4.21. The number of pyridine rings is 1. The molecule has 1 amide bonds. The molecular formula is C12H16N2O2. The lowest BCUT2D eigenvalue weighted by molar-refractivity contribution is -0.129. The number of nitrogens with zero attached hydrogens (tertiary/aromatic N) is 1. The van der Waals surface area contributed by atoms with E-state index in [2.05, 4.69) is 10.3 Å². The minimum atomic E-state index is -0.226. The van der Waals surface area contributed by atoms with Gasteiger partial charge in [-0.05, 0) is 17.7 Å². The maximum Gasteiger partial charge on any atom is 0.227 e. The van der Waals surface area contributed by atoms with Crippen molar-refractivity contribution < 1.29 is 9.59 Å². The Hall–Kier alpha value is -1.71. The van der Waals surface area contributed by atoms with E-state index in [1.54, 1.807) is 26.2 Å². The summed E-state index contributed by atoms with van der Waals surface area (Å²) in [5.74, 6) is -0.352. The molecule has 0 bridgehead atoms. The molecule has 0 saturated heterocycles. The normalized spacial score (nSPS) is 10.2. The molecular weight excluding hydrogens is 204 g/mol. The van der Waals surface area contributed by atoms with Gasteiger partial charge in [0.2, 0.25) is 5.91 Å². The standard InChI is InChI=1S/C12H16N2O2/c1-9(2)11(15)7-12(16)14-8-10-3-5-13-6-4-10/h3-6,9H,7-8H2,1-2H3,(H,14,16). The first kappa shape index (κ1) is 12.4. The summed E-state index contributed by atoms with van der Waals surface area (Å²) in [6.07, 6.45) is 3.30. The van der Waals surface area contributed by atoms with Crippen LogP contribution in [0.3, 0.4) is 0 Å². The van der Waals surface area contributed by atoms with Crippen molar-refractivity contribution in [2.75, 3.05) is 0 Å². The van der Waals surface area contributed by atoms with E-state index in [-0.39, 0.29) is 24.0 Å². The van der Waals surface area contributed by atoms with Gasteiger partial charge in [0.25, 0.3) is 0 Å². The second-order valence-corrected chi connectivity index (χ2v) is 3.93. The van der Waals surface area contributed by atoms with Crippen LogP contribution in [0.4, 0.5) is 0 Å². The molecule has 1 heterocycles. The Balaban J connectivity index is 2.34. The lowest BCUT2D eigenvalue weighted by Gasteiger charge is -2.06. The summed E-state index contributed by atoms with van der Waals surface area (Å²) in [4.78, 5) is 26.6. The summed E-state index contributed by atoms with van der Waals surface area (Å²) in [7, 11) is 0. The Labute approximate surface area is 95.1 Å². The molecule has 4 heteroatoms. The number of nitrogens with one attached hydrogen (secondary N) is 1. The van der Waals surface area contributed by atoms with Crippen molar-refractivity contribution in [3.8, 4) is 0 Å². The molecule has 0 aliphatic carbocycles. The Kier molecular flexibility index (Phi) is 4.64. The van der Waals surface area contributed by atoms with Gasteiger partial charge in [0.15, 0.2) is 0 Å². The van der Waals surface area contributed by atoms with Gasteiger partial charge in [0.05, 0.1) is 6.42 Å². The van der Waals surface area contributed by atoms with Crippen LogP contribution in [0.5, 0.6) is 0 Å². The quantitative estimate of drug-likeness (QED) is 0.761. The first-order valence-corrected chi connectivity index (χ1v) is 5.28. The summed E-state index contributed by atoms with van der Waals surface area (Å²) in [6, 6.07) is 3.65. The Morgan fingerprint density at radius 2 is 1.94 bits per heavy atom. The van der Waals surface area contributed by atoms with Crippen molar-refractivity contribution in [1.29, 1.82) is 0 Å². The Bertz CT molecular complexity index is 361. The predicted octanol–water partition coefficient (Wildman–Crippen LogP) is 1.31. The van der Waals surface area contributed by atoms with Crippen LogP contribution in [0, 0.1) is 5.92 Å². The number of aromatic nitrogens is 1. The molecule has 4 nitrogen and oxygen atoms in total. The summed E-state index contributed by atoms with van der Waals surface area (Å²) < 4.78 is 0. The second kappa shape index (κ2) is 6.00. The molecule has 0 radical (unpaired) electrons. The highest BCUT2D eigenvalue weighted by Crippen LogP contribution is 1.99. The van der Waals surface area contributed by atoms with Crippen molar-refractivity contribution in [2.45, 2.75) is 26.8 Å². The molecule has 86 valence electrons. The van der Waals surface area contributed by atoms with Gasteiger partial charge < -0.3 is 5.32 Å². The van der Waals surface area contributed by atoms with Gasteiger partial charge in [0, 0.05) is 24.9 Å². The van der Waals surface area contributed by atoms with Gasteiger partial charge >= 0.3 is 0 Å². The van der Waals surface area contributed by atoms with E-state index >= 15 is 0 Å². The first-order valence-electron chi connectivity index (χ1n) is 5.28. The van der Waals surface area contributed by atoms with Crippen LogP contribution in [0.25, 0.3) is 0 Å². The van der Waals surface area contributed by atoms with Crippen molar-refractivity contribution in [2.24, 2.45) is 5.92 Å². The molecule has 0 aliphatic rings. The number of Topliss-reactive ketones (excluding diaryl/α,β-unsaturated/α-hetero) is 1. The predicted molar refractivity (Wildman–Crippen MR) is 60.5 cm³/mol. The van der Waals surface area contributed by atoms with E-state index in [4.69, 9.17) is 0 Å². The first-order chi connectivity index (χ1) is 7.59. The zero-order valence-corrected chi connectivity index (χ0v) is 9.56.